The van der Waals surface area contributed by atoms with Crippen molar-refractivity contribution in [2.75, 3.05) is 6.54 Å². The van der Waals surface area contributed by atoms with Crippen LogP contribution in [0.2, 0.25) is 5.02 Å². The van der Waals surface area contributed by atoms with Crippen LogP contribution in [0.25, 0.3) is 11.1 Å². The maximum absolute atomic E-state index is 14.8. The van der Waals surface area contributed by atoms with Crippen molar-refractivity contribution in [3.8, 4) is 11.1 Å². The van der Waals surface area contributed by atoms with Gasteiger partial charge in [-0.1, -0.05) is 29.8 Å². The Kier molecular flexibility index (Phi) is 4.92. The molecule has 1 heterocycles. The minimum atomic E-state index is -1.05. The molecular weight excluding hydrogens is 339 g/mol. The van der Waals surface area contributed by atoms with Gasteiger partial charge in [0.05, 0.1) is 11.1 Å². The van der Waals surface area contributed by atoms with Crippen LogP contribution in [0.4, 0.5) is 13.2 Å². The summed E-state index contributed by atoms with van der Waals surface area (Å²) in [7, 11) is 0. The van der Waals surface area contributed by atoms with Gasteiger partial charge in [0.2, 0.25) is 0 Å². The van der Waals surface area contributed by atoms with Crippen LogP contribution < -0.4 is 5.32 Å². The van der Waals surface area contributed by atoms with E-state index in [-0.39, 0.29) is 41.3 Å². The second-order valence-electron chi connectivity index (χ2n) is 5.84. The van der Waals surface area contributed by atoms with Crippen molar-refractivity contribution in [3.63, 3.8) is 0 Å². The maximum atomic E-state index is 14.8. The van der Waals surface area contributed by atoms with Gasteiger partial charge in [-0.05, 0) is 23.8 Å². The van der Waals surface area contributed by atoms with Crippen LogP contribution in [0.3, 0.4) is 0 Å². The molecule has 2 aromatic carbocycles. The Hall–Kier alpha value is -1.85. The molecule has 1 aliphatic heterocycles. The number of carbonyl (C=O) groups excluding carboxylic acids is 1. The molecule has 24 heavy (non-hydrogen) atoms. The number of nitrogens with one attached hydrogen (secondary N) is 1. The molecule has 1 aliphatic rings. The molecule has 126 valence electrons. The Balaban J connectivity index is 1.87. The highest BCUT2D eigenvalue weighted by Crippen LogP contribution is 2.32. The largest absolute Gasteiger partial charge is 0.304 e. The molecule has 0 radical (unpaired) electrons. The van der Waals surface area contributed by atoms with E-state index >= 15 is 0 Å². The second kappa shape index (κ2) is 6.95. The van der Waals surface area contributed by atoms with Gasteiger partial charge in [0.1, 0.15) is 17.8 Å². The number of ketones is 1. The highest BCUT2D eigenvalue weighted by atomic mass is 35.5. The van der Waals surface area contributed by atoms with Crippen LogP contribution in [0.1, 0.15) is 12.0 Å². The second-order valence-corrected chi connectivity index (χ2v) is 6.25. The number of carbonyl (C=O) groups is 1. The van der Waals surface area contributed by atoms with E-state index in [1.54, 1.807) is 6.07 Å². The minimum absolute atomic E-state index is 0.0927. The standard InChI is InChI=1S/C18H15ClF3NO/c19-15-7-11(20)4-5-13(15)14-3-1-2-10(18(14)22)6-17(24)16-8-12(21)9-23-16/h1-5,7,12,16,23H,6,8-9H2/t12-,16+/m1/s1. The molecular formula is C18H15ClF3NO. The Morgan fingerprint density at radius 2 is 2.00 bits per heavy atom. The lowest BCUT2D eigenvalue weighted by Crippen LogP contribution is -2.32. The summed E-state index contributed by atoms with van der Waals surface area (Å²) in [5.41, 5.74) is 0.766. The van der Waals surface area contributed by atoms with Gasteiger partial charge in [-0.3, -0.25) is 4.79 Å². The van der Waals surface area contributed by atoms with E-state index in [0.717, 1.165) is 6.07 Å². The Morgan fingerprint density at radius 1 is 1.21 bits per heavy atom. The highest BCUT2D eigenvalue weighted by Gasteiger charge is 2.29. The third-order valence-electron chi connectivity index (χ3n) is 4.13. The van der Waals surface area contributed by atoms with Gasteiger partial charge in [0.15, 0.2) is 5.78 Å². The van der Waals surface area contributed by atoms with E-state index in [0.29, 0.717) is 5.56 Å². The van der Waals surface area contributed by atoms with E-state index in [9.17, 15) is 18.0 Å². The van der Waals surface area contributed by atoms with E-state index < -0.39 is 23.8 Å². The minimum Gasteiger partial charge on any atom is -0.304 e. The fourth-order valence-electron chi connectivity index (χ4n) is 2.88. The predicted octanol–water partition coefficient (Wildman–Crippen LogP) is 4.10. The van der Waals surface area contributed by atoms with Crippen LogP contribution in [0.5, 0.6) is 0 Å². The molecule has 3 rings (SSSR count). The lowest BCUT2D eigenvalue weighted by Gasteiger charge is -2.12. The van der Waals surface area contributed by atoms with Crippen LogP contribution in [0.15, 0.2) is 36.4 Å². The first-order valence-corrected chi connectivity index (χ1v) is 7.96. The zero-order chi connectivity index (χ0) is 17.3. The SMILES string of the molecule is O=C(Cc1cccc(-c2ccc(F)cc2Cl)c1F)[C@@H]1C[C@@H](F)CN1. The molecule has 0 unspecified atom stereocenters. The van der Waals surface area contributed by atoms with Crippen molar-refractivity contribution >= 4 is 17.4 Å². The third-order valence-corrected chi connectivity index (χ3v) is 4.44. The summed E-state index contributed by atoms with van der Waals surface area (Å²) in [5, 5.41) is 2.89. The zero-order valence-electron chi connectivity index (χ0n) is 12.7. The molecule has 1 saturated heterocycles. The Labute approximate surface area is 142 Å². The molecule has 1 N–H and O–H groups in total. The lowest BCUT2D eigenvalue weighted by atomic mass is 9.97. The Bertz CT molecular complexity index is 781. The van der Waals surface area contributed by atoms with E-state index in [1.807, 2.05) is 0 Å². The van der Waals surface area contributed by atoms with Crippen molar-refractivity contribution in [1.29, 1.82) is 0 Å². The number of Topliss-reactive ketones (excluding diaryl/α,β-unsaturated/α-hetero) is 1. The number of halogens is 4. The molecule has 0 spiro atoms. The maximum Gasteiger partial charge on any atom is 0.154 e. The van der Waals surface area contributed by atoms with Gasteiger partial charge in [-0.25, -0.2) is 13.2 Å². The summed E-state index contributed by atoms with van der Waals surface area (Å²) >= 11 is 5.99. The van der Waals surface area contributed by atoms with Gasteiger partial charge in [-0.2, -0.15) is 0 Å². The molecule has 2 atom stereocenters. The number of alkyl halides is 1. The molecule has 0 bridgehead atoms. The average molecular weight is 354 g/mol. The Morgan fingerprint density at radius 3 is 2.67 bits per heavy atom. The predicted molar refractivity (Wildman–Crippen MR) is 86.8 cm³/mol. The quantitative estimate of drug-likeness (QED) is 0.896. The molecule has 2 aromatic rings. The first-order chi connectivity index (χ1) is 11.5. The van der Waals surface area contributed by atoms with E-state index in [4.69, 9.17) is 11.6 Å². The summed E-state index contributed by atoms with van der Waals surface area (Å²) in [6.07, 6.45) is -1.07. The van der Waals surface area contributed by atoms with Gasteiger partial charge < -0.3 is 5.32 Å². The summed E-state index contributed by atoms with van der Waals surface area (Å²) in [5.74, 6) is -1.34. The summed E-state index contributed by atoms with van der Waals surface area (Å²) in [4.78, 5) is 12.2. The zero-order valence-corrected chi connectivity index (χ0v) is 13.4. The van der Waals surface area contributed by atoms with Gasteiger partial charge in [-0.15, -0.1) is 0 Å². The fourth-order valence-corrected chi connectivity index (χ4v) is 3.15. The van der Waals surface area contributed by atoms with Crippen molar-refractivity contribution in [1.82, 2.24) is 5.32 Å². The molecule has 0 saturated carbocycles. The monoisotopic (exact) mass is 353 g/mol. The van der Waals surface area contributed by atoms with Crippen LogP contribution in [-0.2, 0) is 11.2 Å². The molecule has 0 amide bonds. The van der Waals surface area contributed by atoms with Crippen molar-refractivity contribution in [2.24, 2.45) is 0 Å². The summed E-state index contributed by atoms with van der Waals surface area (Å²) < 4.78 is 41.1. The summed E-state index contributed by atoms with van der Waals surface area (Å²) in [6.45, 7) is 0.143. The van der Waals surface area contributed by atoms with E-state index in [2.05, 4.69) is 5.32 Å². The average Bonchev–Trinajstić information content (AvgIpc) is 2.97. The molecule has 0 aromatic heterocycles. The normalized spacial score (nSPS) is 20.3. The number of benzene rings is 2. The van der Waals surface area contributed by atoms with E-state index in [1.165, 1.54) is 24.3 Å². The van der Waals surface area contributed by atoms with Crippen LogP contribution in [-0.4, -0.2) is 24.5 Å². The smallest absolute Gasteiger partial charge is 0.154 e. The highest BCUT2D eigenvalue weighted by molar-refractivity contribution is 6.33. The number of hydrogen-bond acceptors (Lipinski definition) is 2. The lowest BCUT2D eigenvalue weighted by molar-refractivity contribution is -0.120. The van der Waals surface area contributed by atoms with Gasteiger partial charge in [0.25, 0.3) is 0 Å². The summed E-state index contributed by atoms with van der Waals surface area (Å²) in [6, 6.07) is 7.76. The van der Waals surface area contributed by atoms with Crippen LogP contribution in [0, 0.1) is 11.6 Å². The molecule has 1 fully saturated rings. The first-order valence-electron chi connectivity index (χ1n) is 7.58. The first kappa shape index (κ1) is 17.0. The van der Waals surface area contributed by atoms with Crippen LogP contribution >= 0.6 is 11.6 Å². The molecule has 6 heteroatoms. The van der Waals surface area contributed by atoms with Crippen molar-refractivity contribution < 1.29 is 18.0 Å². The van der Waals surface area contributed by atoms with Crippen molar-refractivity contribution in [3.05, 3.63) is 58.6 Å². The third kappa shape index (κ3) is 3.47. The molecule has 2 nitrogen and oxygen atoms in total. The van der Waals surface area contributed by atoms with Gasteiger partial charge >= 0.3 is 0 Å². The number of hydrogen-bond donors (Lipinski definition) is 1. The topological polar surface area (TPSA) is 29.1 Å². The molecule has 0 aliphatic carbocycles. The van der Waals surface area contributed by atoms with Gasteiger partial charge in [0, 0.05) is 30.5 Å². The fraction of sp³-hybridized carbons (Fsp3) is 0.278. The van der Waals surface area contributed by atoms with Crippen molar-refractivity contribution in [2.45, 2.75) is 25.1 Å². The number of rotatable bonds is 4.